The number of hydrogen-bond acceptors (Lipinski definition) is 7. The lowest BCUT2D eigenvalue weighted by atomic mass is 9.92. The number of piperidine rings is 1. The Morgan fingerprint density at radius 3 is 2.39 bits per heavy atom. The van der Waals surface area contributed by atoms with Crippen LogP contribution >= 0.6 is 12.2 Å². The first-order chi connectivity index (χ1) is 15.6. The van der Waals surface area contributed by atoms with Crippen molar-refractivity contribution in [3.8, 4) is 11.4 Å². The Bertz CT molecular complexity index is 1100. The minimum absolute atomic E-state index is 0.200. The SMILES string of the molecule is COC(Cn1c(-c2cccc(S(=O)(=O)N(C)C)c2)nn(CN2CC(C)CC(C)C2)c1=S)OC. The summed E-state index contributed by atoms with van der Waals surface area (Å²) in [5.74, 6) is 1.81. The summed E-state index contributed by atoms with van der Waals surface area (Å²) in [4.78, 5) is 2.57. The third kappa shape index (κ3) is 5.90. The van der Waals surface area contributed by atoms with Crippen molar-refractivity contribution >= 4 is 22.2 Å². The maximum atomic E-state index is 12.7. The molecule has 0 aliphatic carbocycles. The van der Waals surface area contributed by atoms with E-state index in [0.29, 0.717) is 41.2 Å². The maximum absolute atomic E-state index is 12.7. The molecule has 0 radical (unpaired) electrons. The molecule has 1 saturated heterocycles. The third-order valence-corrected chi connectivity index (χ3v) is 8.17. The zero-order chi connectivity index (χ0) is 24.3. The average Bonchev–Trinajstić information content (AvgIpc) is 3.06. The molecule has 2 aromatic rings. The van der Waals surface area contributed by atoms with Gasteiger partial charge < -0.3 is 9.47 Å². The van der Waals surface area contributed by atoms with Gasteiger partial charge in [0.2, 0.25) is 10.0 Å². The molecule has 9 nitrogen and oxygen atoms in total. The van der Waals surface area contributed by atoms with Crippen LogP contribution in [0.2, 0.25) is 0 Å². The van der Waals surface area contributed by atoms with Crippen LogP contribution in [0.3, 0.4) is 0 Å². The zero-order valence-corrected chi connectivity index (χ0v) is 21.9. The highest BCUT2D eigenvalue weighted by atomic mass is 32.2. The first-order valence-electron chi connectivity index (χ1n) is 11.0. The third-order valence-electron chi connectivity index (χ3n) is 5.93. The van der Waals surface area contributed by atoms with Gasteiger partial charge in [-0.3, -0.25) is 9.47 Å². The van der Waals surface area contributed by atoms with Crippen LogP contribution in [0.25, 0.3) is 11.4 Å². The molecule has 0 spiro atoms. The second-order valence-corrected chi connectivity index (χ2v) is 11.6. The molecule has 1 aliphatic heterocycles. The van der Waals surface area contributed by atoms with E-state index in [0.717, 1.165) is 13.1 Å². The van der Waals surface area contributed by atoms with Crippen molar-refractivity contribution in [1.82, 2.24) is 23.6 Å². The smallest absolute Gasteiger partial charge is 0.242 e. The van der Waals surface area contributed by atoms with E-state index in [4.69, 9.17) is 26.8 Å². The Balaban J connectivity index is 2.05. The summed E-state index contributed by atoms with van der Waals surface area (Å²) in [6, 6.07) is 6.77. The molecule has 1 aromatic carbocycles. The Hall–Kier alpha value is -1.63. The molecule has 1 aliphatic rings. The van der Waals surface area contributed by atoms with E-state index in [2.05, 4.69) is 18.7 Å². The van der Waals surface area contributed by atoms with E-state index in [9.17, 15) is 8.42 Å². The highest BCUT2D eigenvalue weighted by molar-refractivity contribution is 7.89. The van der Waals surface area contributed by atoms with Crippen molar-refractivity contribution in [2.24, 2.45) is 11.8 Å². The molecule has 0 N–H and O–H groups in total. The summed E-state index contributed by atoms with van der Waals surface area (Å²) in [7, 11) is 2.59. The van der Waals surface area contributed by atoms with Gasteiger partial charge in [0, 0.05) is 47.0 Å². The first-order valence-corrected chi connectivity index (χ1v) is 12.9. The summed E-state index contributed by atoms with van der Waals surface area (Å²) in [6.45, 7) is 7.43. The van der Waals surface area contributed by atoms with Crippen molar-refractivity contribution in [1.29, 1.82) is 0 Å². The molecule has 1 aromatic heterocycles. The summed E-state index contributed by atoms with van der Waals surface area (Å²) < 4.78 is 41.6. The number of benzene rings is 1. The van der Waals surface area contributed by atoms with Crippen LogP contribution < -0.4 is 0 Å². The molecule has 0 bridgehead atoms. The van der Waals surface area contributed by atoms with Gasteiger partial charge in [-0.05, 0) is 42.6 Å². The fourth-order valence-electron chi connectivity index (χ4n) is 4.41. The molecular weight excluding hydrogens is 462 g/mol. The molecule has 2 atom stereocenters. The highest BCUT2D eigenvalue weighted by Crippen LogP contribution is 2.25. The van der Waals surface area contributed by atoms with Gasteiger partial charge >= 0.3 is 0 Å². The van der Waals surface area contributed by atoms with E-state index < -0.39 is 16.3 Å². The number of rotatable bonds is 9. The lowest BCUT2D eigenvalue weighted by Crippen LogP contribution is -2.39. The maximum Gasteiger partial charge on any atom is 0.242 e. The molecule has 3 rings (SSSR count). The molecule has 184 valence electrons. The fraction of sp³-hybridized carbons (Fsp3) is 0.636. The molecule has 2 heterocycles. The van der Waals surface area contributed by atoms with E-state index in [1.165, 1.54) is 24.8 Å². The van der Waals surface area contributed by atoms with Gasteiger partial charge in [-0.15, -0.1) is 0 Å². The topological polar surface area (TPSA) is 81.8 Å². The number of ether oxygens (including phenoxy) is 2. The monoisotopic (exact) mass is 497 g/mol. The standard InChI is InChI=1S/C22H35N5O4S2/c1-16-10-17(2)13-25(12-16)15-27-22(32)26(14-20(30-5)31-6)21(23-27)18-8-7-9-19(11-18)33(28,29)24(3)4/h7-9,11,16-17,20H,10,12-15H2,1-6H3. The van der Waals surface area contributed by atoms with Crippen LogP contribution in [-0.4, -0.2) is 79.7 Å². The Morgan fingerprint density at radius 2 is 1.82 bits per heavy atom. The van der Waals surface area contributed by atoms with Crippen LogP contribution in [-0.2, 0) is 32.7 Å². The molecule has 0 saturated carbocycles. The van der Waals surface area contributed by atoms with Crippen LogP contribution in [0.15, 0.2) is 29.2 Å². The Labute approximate surface area is 201 Å². The molecule has 1 fully saturated rings. The molecule has 33 heavy (non-hydrogen) atoms. The summed E-state index contributed by atoms with van der Waals surface area (Å²) in [5.41, 5.74) is 0.661. The van der Waals surface area contributed by atoms with Gasteiger partial charge in [0.1, 0.15) is 0 Å². The minimum Gasteiger partial charge on any atom is -0.354 e. The van der Waals surface area contributed by atoms with Crippen LogP contribution in [0.5, 0.6) is 0 Å². The van der Waals surface area contributed by atoms with Gasteiger partial charge in [0.15, 0.2) is 16.9 Å². The zero-order valence-electron chi connectivity index (χ0n) is 20.3. The number of hydrogen-bond donors (Lipinski definition) is 0. The first kappa shape index (κ1) is 26.0. The van der Waals surface area contributed by atoms with E-state index in [-0.39, 0.29) is 4.90 Å². The highest BCUT2D eigenvalue weighted by Gasteiger charge is 2.25. The van der Waals surface area contributed by atoms with Crippen LogP contribution in [0.1, 0.15) is 20.3 Å². The summed E-state index contributed by atoms with van der Waals surface area (Å²) in [6.07, 6.45) is 0.703. The van der Waals surface area contributed by atoms with Crippen LogP contribution in [0.4, 0.5) is 0 Å². The van der Waals surface area contributed by atoms with E-state index >= 15 is 0 Å². The number of sulfonamides is 1. The lowest BCUT2D eigenvalue weighted by molar-refractivity contribution is -0.111. The number of aromatic nitrogens is 3. The molecule has 2 unspecified atom stereocenters. The Morgan fingerprint density at radius 1 is 1.18 bits per heavy atom. The molecule has 0 amide bonds. The average molecular weight is 498 g/mol. The number of likely N-dealkylation sites (tertiary alicyclic amines) is 1. The van der Waals surface area contributed by atoms with E-state index in [1.807, 2.05) is 15.3 Å². The number of nitrogens with zero attached hydrogens (tertiary/aromatic N) is 5. The van der Waals surface area contributed by atoms with Gasteiger partial charge in [0.05, 0.1) is 18.1 Å². The van der Waals surface area contributed by atoms with Crippen molar-refractivity contribution in [2.75, 3.05) is 41.4 Å². The largest absolute Gasteiger partial charge is 0.354 e. The second kappa shape index (κ2) is 10.7. The molecule has 11 heteroatoms. The predicted octanol–water partition coefficient (Wildman–Crippen LogP) is 2.89. The molecular formula is C22H35N5O4S2. The van der Waals surface area contributed by atoms with Gasteiger partial charge in [-0.2, -0.15) is 5.10 Å². The number of methoxy groups -OCH3 is 2. The van der Waals surface area contributed by atoms with Gasteiger partial charge in [0.25, 0.3) is 0 Å². The fourth-order valence-corrected chi connectivity index (χ4v) is 5.62. The van der Waals surface area contributed by atoms with Crippen LogP contribution in [0, 0.1) is 16.6 Å². The second-order valence-electron chi connectivity index (χ2n) is 9.06. The predicted molar refractivity (Wildman–Crippen MR) is 130 cm³/mol. The van der Waals surface area contributed by atoms with Crippen molar-refractivity contribution in [3.63, 3.8) is 0 Å². The minimum atomic E-state index is -3.59. The van der Waals surface area contributed by atoms with Crippen molar-refractivity contribution in [3.05, 3.63) is 29.0 Å². The lowest BCUT2D eigenvalue weighted by Gasteiger charge is -2.34. The van der Waals surface area contributed by atoms with E-state index in [1.54, 1.807) is 32.4 Å². The normalized spacial score (nSPS) is 20.1. The van der Waals surface area contributed by atoms with Crippen molar-refractivity contribution < 1.29 is 17.9 Å². The Kier molecular flexibility index (Phi) is 8.46. The summed E-state index contributed by atoms with van der Waals surface area (Å²) in [5, 5.41) is 4.83. The summed E-state index contributed by atoms with van der Waals surface area (Å²) >= 11 is 5.80. The van der Waals surface area contributed by atoms with Crippen molar-refractivity contribution in [2.45, 2.75) is 44.7 Å². The quantitative estimate of drug-likeness (QED) is 0.389. The van der Waals surface area contributed by atoms with Gasteiger partial charge in [-0.25, -0.2) is 17.4 Å². The van der Waals surface area contributed by atoms with Gasteiger partial charge in [-0.1, -0.05) is 26.0 Å².